The smallest absolute Gasteiger partial charge is 0.352 e. The summed E-state index contributed by atoms with van der Waals surface area (Å²) in [5, 5.41) is 15.3. The lowest BCUT2D eigenvalue weighted by Crippen LogP contribution is -2.26. The van der Waals surface area contributed by atoms with Crippen LogP contribution in [-0.2, 0) is 23.1 Å². The van der Waals surface area contributed by atoms with Gasteiger partial charge in [0, 0.05) is 19.8 Å². The molecule has 0 bridgehead atoms. The van der Waals surface area contributed by atoms with Crippen LogP contribution in [0, 0.1) is 0 Å². The van der Waals surface area contributed by atoms with Crippen LogP contribution in [0.4, 0.5) is 0 Å². The van der Waals surface area contributed by atoms with Gasteiger partial charge in [0.1, 0.15) is 22.7 Å². The predicted molar refractivity (Wildman–Crippen MR) is 72.1 cm³/mol. The van der Waals surface area contributed by atoms with Crippen LogP contribution >= 0.6 is 0 Å². The SMILES string of the molecule is CCn1cc(S(=O)(=O)N(C)Cc2ncn[nH]2)cc1C(=O)O. The molecule has 0 aliphatic rings. The van der Waals surface area contributed by atoms with Crippen LogP contribution in [0.2, 0.25) is 0 Å². The van der Waals surface area contributed by atoms with Crippen LogP contribution in [-0.4, -0.2) is 50.6 Å². The molecule has 2 rings (SSSR count). The summed E-state index contributed by atoms with van der Waals surface area (Å²) in [5.74, 6) is -0.773. The van der Waals surface area contributed by atoms with E-state index in [1.165, 1.54) is 24.1 Å². The lowest BCUT2D eigenvalue weighted by molar-refractivity contribution is 0.0685. The van der Waals surface area contributed by atoms with E-state index in [1.807, 2.05) is 0 Å². The fraction of sp³-hybridized carbons (Fsp3) is 0.364. The molecule has 10 heteroatoms. The number of aryl methyl sites for hydroxylation is 1. The second-order valence-electron chi connectivity index (χ2n) is 4.35. The number of H-pyrrole nitrogens is 1. The number of sulfonamides is 1. The third kappa shape index (κ3) is 2.95. The number of nitrogens with one attached hydrogen (secondary N) is 1. The highest BCUT2D eigenvalue weighted by Gasteiger charge is 2.25. The molecule has 2 N–H and O–H groups in total. The standard InChI is InChI=1S/C11H15N5O4S/c1-3-16-5-8(4-9(16)11(17)18)21(19,20)15(2)6-10-12-7-13-14-10/h4-5,7H,3,6H2,1-2H3,(H,17,18)(H,12,13,14). The number of aromatic amines is 1. The van der Waals surface area contributed by atoms with Crippen LogP contribution in [0.15, 0.2) is 23.5 Å². The van der Waals surface area contributed by atoms with Crippen LogP contribution in [0.1, 0.15) is 23.2 Å². The Labute approximate surface area is 121 Å². The van der Waals surface area contributed by atoms with Gasteiger partial charge in [-0.05, 0) is 13.0 Å². The first-order valence-electron chi connectivity index (χ1n) is 6.10. The Bertz CT molecular complexity index is 735. The van der Waals surface area contributed by atoms with Gasteiger partial charge in [0.15, 0.2) is 0 Å². The second-order valence-corrected chi connectivity index (χ2v) is 6.39. The number of hydrogen-bond acceptors (Lipinski definition) is 5. The Hall–Kier alpha value is -2.20. The predicted octanol–water partition coefficient (Wildman–Crippen LogP) is 0.145. The fourth-order valence-corrected chi connectivity index (χ4v) is 3.02. The molecule has 0 aliphatic carbocycles. The maximum Gasteiger partial charge on any atom is 0.352 e. The number of aromatic carboxylic acids is 1. The summed E-state index contributed by atoms with van der Waals surface area (Å²) in [6.45, 7) is 2.12. The third-order valence-corrected chi connectivity index (χ3v) is 4.75. The molecule has 0 saturated carbocycles. The minimum Gasteiger partial charge on any atom is -0.477 e. The number of carboxylic acids is 1. The molecular formula is C11H15N5O4S. The van der Waals surface area contributed by atoms with Gasteiger partial charge in [-0.2, -0.15) is 9.40 Å². The van der Waals surface area contributed by atoms with E-state index in [9.17, 15) is 13.2 Å². The largest absolute Gasteiger partial charge is 0.477 e. The average Bonchev–Trinajstić information content (AvgIpc) is 3.06. The summed E-state index contributed by atoms with van der Waals surface area (Å²) in [7, 11) is -2.41. The first-order valence-corrected chi connectivity index (χ1v) is 7.54. The highest BCUT2D eigenvalue weighted by molar-refractivity contribution is 7.89. The van der Waals surface area contributed by atoms with Crippen molar-refractivity contribution in [3.8, 4) is 0 Å². The Morgan fingerprint density at radius 3 is 2.71 bits per heavy atom. The van der Waals surface area contributed by atoms with Gasteiger partial charge >= 0.3 is 5.97 Å². The molecule has 9 nitrogen and oxygen atoms in total. The van der Waals surface area contributed by atoms with E-state index in [0.29, 0.717) is 12.4 Å². The zero-order valence-electron chi connectivity index (χ0n) is 11.5. The van der Waals surface area contributed by atoms with Gasteiger partial charge in [0.05, 0.1) is 6.54 Å². The normalized spacial score (nSPS) is 12.0. The maximum absolute atomic E-state index is 12.4. The van der Waals surface area contributed by atoms with Crippen LogP contribution < -0.4 is 0 Å². The molecule has 0 aromatic carbocycles. The topological polar surface area (TPSA) is 121 Å². The second kappa shape index (κ2) is 5.66. The molecule has 2 heterocycles. The van der Waals surface area contributed by atoms with Gasteiger partial charge < -0.3 is 9.67 Å². The number of hydrogen-bond donors (Lipinski definition) is 2. The summed E-state index contributed by atoms with van der Waals surface area (Å²) in [5.41, 5.74) is -0.0656. The summed E-state index contributed by atoms with van der Waals surface area (Å²) in [4.78, 5) is 14.9. The minimum atomic E-state index is -3.80. The molecule has 0 radical (unpaired) electrons. The molecule has 0 unspecified atom stereocenters. The maximum atomic E-state index is 12.4. The van der Waals surface area contributed by atoms with Gasteiger partial charge in [-0.1, -0.05) is 0 Å². The Morgan fingerprint density at radius 1 is 1.52 bits per heavy atom. The van der Waals surface area contributed by atoms with Crippen molar-refractivity contribution in [2.75, 3.05) is 7.05 Å². The molecule has 0 spiro atoms. The Morgan fingerprint density at radius 2 is 2.24 bits per heavy atom. The molecule has 2 aromatic rings. The summed E-state index contributed by atoms with van der Waals surface area (Å²) in [6.07, 6.45) is 2.60. The van der Waals surface area contributed by atoms with Gasteiger partial charge in [0.2, 0.25) is 10.0 Å². The minimum absolute atomic E-state index is 0.0159. The van der Waals surface area contributed by atoms with E-state index in [1.54, 1.807) is 6.92 Å². The fourth-order valence-electron chi connectivity index (χ4n) is 1.85. The number of aromatic nitrogens is 4. The average molecular weight is 313 g/mol. The van der Waals surface area contributed by atoms with E-state index >= 15 is 0 Å². The van der Waals surface area contributed by atoms with Gasteiger partial charge in [0.25, 0.3) is 0 Å². The van der Waals surface area contributed by atoms with Crippen LogP contribution in [0.3, 0.4) is 0 Å². The Balaban J connectivity index is 2.33. The highest BCUT2D eigenvalue weighted by atomic mass is 32.2. The number of rotatable bonds is 6. The molecular weight excluding hydrogens is 298 g/mol. The van der Waals surface area contributed by atoms with Crippen molar-refractivity contribution in [2.24, 2.45) is 0 Å². The number of carboxylic acid groups (broad SMARTS) is 1. The molecule has 0 saturated heterocycles. The van der Waals surface area contributed by atoms with Crippen molar-refractivity contribution in [1.82, 2.24) is 24.1 Å². The quantitative estimate of drug-likeness (QED) is 0.782. The van der Waals surface area contributed by atoms with E-state index in [2.05, 4.69) is 15.2 Å². The van der Waals surface area contributed by atoms with E-state index < -0.39 is 16.0 Å². The van der Waals surface area contributed by atoms with Gasteiger partial charge in [-0.3, -0.25) is 5.10 Å². The monoisotopic (exact) mass is 313 g/mol. The first-order chi connectivity index (χ1) is 9.86. The summed E-state index contributed by atoms with van der Waals surface area (Å²) < 4.78 is 27.3. The van der Waals surface area contributed by atoms with Crippen molar-refractivity contribution >= 4 is 16.0 Å². The zero-order chi connectivity index (χ0) is 15.6. The zero-order valence-corrected chi connectivity index (χ0v) is 12.3. The van der Waals surface area contributed by atoms with Crippen molar-refractivity contribution in [3.63, 3.8) is 0 Å². The van der Waals surface area contributed by atoms with Crippen LogP contribution in [0.25, 0.3) is 0 Å². The Kier molecular flexibility index (Phi) is 4.09. The van der Waals surface area contributed by atoms with Gasteiger partial charge in [-0.15, -0.1) is 0 Å². The third-order valence-electron chi connectivity index (χ3n) is 2.98. The lowest BCUT2D eigenvalue weighted by Gasteiger charge is -2.14. The van der Waals surface area contributed by atoms with Gasteiger partial charge in [-0.25, -0.2) is 18.2 Å². The summed E-state index contributed by atoms with van der Waals surface area (Å²) in [6, 6.07) is 1.15. The highest BCUT2D eigenvalue weighted by Crippen LogP contribution is 2.19. The van der Waals surface area contributed by atoms with Crippen molar-refractivity contribution in [3.05, 3.63) is 30.1 Å². The van der Waals surface area contributed by atoms with E-state index in [0.717, 1.165) is 10.4 Å². The van der Waals surface area contributed by atoms with Crippen molar-refractivity contribution < 1.29 is 18.3 Å². The van der Waals surface area contributed by atoms with Crippen LogP contribution in [0.5, 0.6) is 0 Å². The first kappa shape index (κ1) is 15.2. The number of nitrogens with zero attached hydrogens (tertiary/aromatic N) is 4. The molecule has 0 aliphatic heterocycles. The van der Waals surface area contributed by atoms with Crippen molar-refractivity contribution in [1.29, 1.82) is 0 Å². The van der Waals surface area contributed by atoms with E-state index in [4.69, 9.17) is 5.11 Å². The number of carbonyl (C=O) groups is 1. The molecule has 0 amide bonds. The molecule has 114 valence electrons. The van der Waals surface area contributed by atoms with E-state index in [-0.39, 0.29) is 17.1 Å². The van der Waals surface area contributed by atoms with Crippen molar-refractivity contribution in [2.45, 2.75) is 24.9 Å². The molecule has 0 fully saturated rings. The lowest BCUT2D eigenvalue weighted by atomic mass is 10.4. The summed E-state index contributed by atoms with van der Waals surface area (Å²) >= 11 is 0. The molecule has 21 heavy (non-hydrogen) atoms. The molecule has 2 aromatic heterocycles. The molecule has 0 atom stereocenters.